The number of nitrogens with one attached hydrogen (secondary N) is 1. The fourth-order valence-electron chi connectivity index (χ4n) is 2.47. The van der Waals surface area contributed by atoms with Crippen LogP contribution in [0.4, 0.5) is 0 Å². The summed E-state index contributed by atoms with van der Waals surface area (Å²) in [5.41, 5.74) is 1.40. The van der Waals surface area contributed by atoms with E-state index in [4.69, 9.17) is 0 Å². The SMILES string of the molecule is CC[C@H](c1cc(Br)cc(Br)c1)N1CCNCC1. The van der Waals surface area contributed by atoms with Crippen LogP contribution in [0.1, 0.15) is 24.9 Å². The van der Waals surface area contributed by atoms with Crippen LogP contribution in [0.25, 0.3) is 0 Å². The molecule has 0 aliphatic carbocycles. The highest BCUT2D eigenvalue weighted by molar-refractivity contribution is 9.11. The molecule has 1 saturated heterocycles. The number of benzene rings is 1. The van der Waals surface area contributed by atoms with Gasteiger partial charge in [-0.05, 0) is 30.2 Å². The number of piperazine rings is 1. The summed E-state index contributed by atoms with van der Waals surface area (Å²) in [6, 6.07) is 7.10. The van der Waals surface area contributed by atoms with Gasteiger partial charge >= 0.3 is 0 Å². The molecule has 1 heterocycles. The monoisotopic (exact) mass is 360 g/mol. The molecule has 1 N–H and O–H groups in total. The van der Waals surface area contributed by atoms with E-state index in [1.165, 1.54) is 5.56 Å². The zero-order chi connectivity index (χ0) is 12.3. The van der Waals surface area contributed by atoms with E-state index < -0.39 is 0 Å². The molecule has 0 bridgehead atoms. The number of rotatable bonds is 3. The maximum absolute atomic E-state index is 3.57. The zero-order valence-electron chi connectivity index (χ0n) is 10.0. The van der Waals surface area contributed by atoms with Crippen LogP contribution in [-0.4, -0.2) is 31.1 Å². The van der Waals surface area contributed by atoms with Crippen molar-refractivity contribution in [1.82, 2.24) is 10.2 Å². The van der Waals surface area contributed by atoms with Gasteiger partial charge in [0.1, 0.15) is 0 Å². The van der Waals surface area contributed by atoms with E-state index in [1.807, 2.05) is 0 Å². The van der Waals surface area contributed by atoms with Crippen molar-refractivity contribution in [3.8, 4) is 0 Å². The van der Waals surface area contributed by atoms with Crippen molar-refractivity contribution in [2.45, 2.75) is 19.4 Å². The molecule has 0 saturated carbocycles. The van der Waals surface area contributed by atoms with Gasteiger partial charge in [0.2, 0.25) is 0 Å². The lowest BCUT2D eigenvalue weighted by Gasteiger charge is -2.34. The molecule has 0 spiro atoms. The van der Waals surface area contributed by atoms with Gasteiger partial charge in [-0.3, -0.25) is 4.90 Å². The molecule has 0 amide bonds. The molecule has 4 heteroatoms. The molecular formula is C13H18Br2N2. The van der Waals surface area contributed by atoms with Crippen LogP contribution in [0.3, 0.4) is 0 Å². The van der Waals surface area contributed by atoms with E-state index in [0.717, 1.165) is 41.5 Å². The normalized spacial score (nSPS) is 19.2. The van der Waals surface area contributed by atoms with E-state index >= 15 is 0 Å². The maximum Gasteiger partial charge on any atom is 0.0347 e. The minimum absolute atomic E-state index is 0.533. The smallest absolute Gasteiger partial charge is 0.0347 e. The van der Waals surface area contributed by atoms with Crippen molar-refractivity contribution in [2.75, 3.05) is 26.2 Å². The average molecular weight is 362 g/mol. The summed E-state index contributed by atoms with van der Waals surface area (Å²) in [5, 5.41) is 3.41. The Morgan fingerprint density at radius 2 is 1.76 bits per heavy atom. The van der Waals surface area contributed by atoms with E-state index in [0.29, 0.717) is 6.04 Å². The first-order chi connectivity index (χ1) is 8.20. The summed E-state index contributed by atoms with van der Waals surface area (Å²) in [5.74, 6) is 0. The second-order valence-electron chi connectivity index (χ2n) is 4.41. The first-order valence-electron chi connectivity index (χ1n) is 6.11. The first kappa shape index (κ1) is 13.5. The summed E-state index contributed by atoms with van der Waals surface area (Å²) < 4.78 is 2.30. The van der Waals surface area contributed by atoms with Gasteiger partial charge in [-0.25, -0.2) is 0 Å². The molecule has 0 aromatic heterocycles. The second-order valence-corrected chi connectivity index (χ2v) is 6.24. The van der Waals surface area contributed by atoms with Crippen LogP contribution in [0.5, 0.6) is 0 Å². The minimum atomic E-state index is 0.533. The first-order valence-corrected chi connectivity index (χ1v) is 7.70. The fraction of sp³-hybridized carbons (Fsp3) is 0.538. The highest BCUT2D eigenvalue weighted by Crippen LogP contribution is 2.29. The molecule has 94 valence electrons. The average Bonchev–Trinajstić information content (AvgIpc) is 2.30. The lowest BCUT2D eigenvalue weighted by atomic mass is 10.0. The highest BCUT2D eigenvalue weighted by atomic mass is 79.9. The molecular weight excluding hydrogens is 344 g/mol. The molecule has 0 unspecified atom stereocenters. The van der Waals surface area contributed by atoms with E-state index in [2.05, 4.69) is 67.2 Å². The third-order valence-corrected chi connectivity index (χ3v) is 4.16. The van der Waals surface area contributed by atoms with Crippen molar-refractivity contribution < 1.29 is 0 Å². The summed E-state index contributed by atoms with van der Waals surface area (Å²) in [6.07, 6.45) is 1.16. The second kappa shape index (κ2) is 6.32. The van der Waals surface area contributed by atoms with Crippen molar-refractivity contribution in [3.05, 3.63) is 32.7 Å². The lowest BCUT2D eigenvalue weighted by molar-refractivity contribution is 0.169. The van der Waals surface area contributed by atoms with E-state index in [1.54, 1.807) is 0 Å². The van der Waals surface area contributed by atoms with Gasteiger partial charge in [-0.2, -0.15) is 0 Å². The van der Waals surface area contributed by atoms with Gasteiger partial charge in [0.05, 0.1) is 0 Å². The fourth-order valence-corrected chi connectivity index (χ4v) is 3.80. The minimum Gasteiger partial charge on any atom is -0.314 e. The van der Waals surface area contributed by atoms with Crippen LogP contribution in [0.2, 0.25) is 0 Å². The summed E-state index contributed by atoms with van der Waals surface area (Å²) >= 11 is 7.15. The Balaban J connectivity index is 2.21. The molecule has 1 aromatic rings. The number of halogens is 2. The predicted molar refractivity (Wildman–Crippen MR) is 79.3 cm³/mol. The molecule has 17 heavy (non-hydrogen) atoms. The van der Waals surface area contributed by atoms with E-state index in [9.17, 15) is 0 Å². The molecule has 1 aliphatic heterocycles. The van der Waals surface area contributed by atoms with Crippen molar-refractivity contribution >= 4 is 31.9 Å². The predicted octanol–water partition coefficient (Wildman–Crippen LogP) is 3.57. The Hall–Kier alpha value is 0.1000. The molecule has 0 radical (unpaired) electrons. The molecule has 1 aliphatic rings. The van der Waals surface area contributed by atoms with Gasteiger partial charge in [0.25, 0.3) is 0 Å². The number of hydrogen-bond donors (Lipinski definition) is 1. The van der Waals surface area contributed by atoms with Crippen molar-refractivity contribution in [1.29, 1.82) is 0 Å². The van der Waals surface area contributed by atoms with Gasteiger partial charge in [0.15, 0.2) is 0 Å². The molecule has 1 fully saturated rings. The van der Waals surface area contributed by atoms with Crippen LogP contribution < -0.4 is 5.32 Å². The molecule has 2 rings (SSSR count). The Bertz CT molecular complexity index is 355. The van der Waals surface area contributed by atoms with Crippen LogP contribution >= 0.6 is 31.9 Å². The molecule has 2 nitrogen and oxygen atoms in total. The summed E-state index contributed by atoms with van der Waals surface area (Å²) in [4.78, 5) is 2.57. The zero-order valence-corrected chi connectivity index (χ0v) is 13.2. The van der Waals surface area contributed by atoms with Crippen LogP contribution in [0, 0.1) is 0 Å². The van der Waals surface area contributed by atoms with Gasteiger partial charge in [-0.15, -0.1) is 0 Å². The number of nitrogens with zero attached hydrogens (tertiary/aromatic N) is 1. The Morgan fingerprint density at radius 3 is 2.29 bits per heavy atom. The standard InChI is InChI=1S/C13H18Br2N2/c1-2-13(17-5-3-16-4-6-17)10-7-11(14)9-12(15)8-10/h7-9,13,16H,2-6H2,1H3/t13-/m1/s1. The highest BCUT2D eigenvalue weighted by Gasteiger charge is 2.20. The van der Waals surface area contributed by atoms with Gasteiger partial charge in [0, 0.05) is 41.2 Å². The quantitative estimate of drug-likeness (QED) is 0.885. The van der Waals surface area contributed by atoms with Crippen molar-refractivity contribution in [2.24, 2.45) is 0 Å². The summed E-state index contributed by atoms with van der Waals surface area (Å²) in [7, 11) is 0. The molecule has 1 aromatic carbocycles. The lowest BCUT2D eigenvalue weighted by Crippen LogP contribution is -2.45. The number of hydrogen-bond acceptors (Lipinski definition) is 2. The summed E-state index contributed by atoms with van der Waals surface area (Å²) in [6.45, 7) is 6.75. The molecule has 1 atom stereocenters. The Labute approximate surface area is 120 Å². The largest absolute Gasteiger partial charge is 0.314 e. The van der Waals surface area contributed by atoms with Crippen molar-refractivity contribution in [3.63, 3.8) is 0 Å². The Kier molecular flexibility index (Phi) is 5.03. The van der Waals surface area contributed by atoms with Crippen LogP contribution in [0.15, 0.2) is 27.1 Å². The van der Waals surface area contributed by atoms with Crippen LogP contribution in [-0.2, 0) is 0 Å². The Morgan fingerprint density at radius 1 is 1.18 bits per heavy atom. The van der Waals surface area contributed by atoms with E-state index in [-0.39, 0.29) is 0 Å². The topological polar surface area (TPSA) is 15.3 Å². The maximum atomic E-state index is 3.57. The van der Waals surface area contributed by atoms with Gasteiger partial charge < -0.3 is 5.32 Å². The van der Waals surface area contributed by atoms with Gasteiger partial charge in [-0.1, -0.05) is 38.8 Å². The third-order valence-electron chi connectivity index (χ3n) is 3.25. The third kappa shape index (κ3) is 3.53.